The summed E-state index contributed by atoms with van der Waals surface area (Å²) in [4.78, 5) is 18.0. The lowest BCUT2D eigenvalue weighted by molar-refractivity contribution is -0.143. The Labute approximate surface area is 192 Å². The molecule has 5 nitrogen and oxygen atoms in total. The Balaban J connectivity index is 1.48. The molecule has 0 spiro atoms. The number of carbonyl (C=O) groups excluding carboxylic acids is 1. The number of rotatable bonds is 3. The fourth-order valence-electron chi connectivity index (χ4n) is 3.74. The number of carbonyl (C=O) groups is 1. The molecule has 0 unspecified atom stereocenters. The van der Waals surface area contributed by atoms with E-state index in [2.05, 4.69) is 10.1 Å². The smallest absolute Gasteiger partial charge is 0.339 e. The topological polar surface area (TPSA) is 59.2 Å². The van der Waals surface area contributed by atoms with Gasteiger partial charge < -0.3 is 9.42 Å². The molecule has 1 fully saturated rings. The standard InChI is InChI=1S/C22H15F8N3O2/c23-16-2-1-12(9-17(16)24)18-31-19(35-32-18)11-3-5-33(6-4-11)20(34)13-7-14(21(25,26)27)10-15(8-13)22(28,29)30/h1-2,7-11H,3-6H2. The second kappa shape index (κ2) is 8.93. The van der Waals surface area contributed by atoms with E-state index in [0.717, 1.165) is 17.0 Å². The molecule has 1 aliphatic heterocycles. The van der Waals surface area contributed by atoms with Crippen molar-refractivity contribution < 1.29 is 44.4 Å². The molecule has 1 aliphatic rings. The van der Waals surface area contributed by atoms with Gasteiger partial charge in [-0.05, 0) is 49.2 Å². The molecule has 186 valence electrons. The first-order valence-electron chi connectivity index (χ1n) is 10.2. The van der Waals surface area contributed by atoms with Crippen LogP contribution >= 0.6 is 0 Å². The third-order valence-corrected chi connectivity index (χ3v) is 5.59. The average molecular weight is 505 g/mol. The summed E-state index contributed by atoms with van der Waals surface area (Å²) in [5.41, 5.74) is -3.68. The van der Waals surface area contributed by atoms with Gasteiger partial charge in [-0.25, -0.2) is 8.78 Å². The maximum Gasteiger partial charge on any atom is 0.416 e. The second-order valence-electron chi connectivity index (χ2n) is 7.95. The number of nitrogens with zero attached hydrogens (tertiary/aromatic N) is 3. The molecule has 0 atom stereocenters. The predicted molar refractivity (Wildman–Crippen MR) is 104 cm³/mol. The number of halogens is 8. The molecule has 3 aromatic rings. The van der Waals surface area contributed by atoms with Crippen molar-refractivity contribution in [1.29, 1.82) is 0 Å². The van der Waals surface area contributed by atoms with Crippen LogP contribution in [0.1, 0.15) is 46.1 Å². The van der Waals surface area contributed by atoms with Crippen molar-refractivity contribution in [2.24, 2.45) is 0 Å². The number of aromatic nitrogens is 2. The third-order valence-electron chi connectivity index (χ3n) is 5.59. The van der Waals surface area contributed by atoms with Gasteiger partial charge in [0.2, 0.25) is 11.7 Å². The lowest BCUT2D eigenvalue weighted by Gasteiger charge is -2.30. The van der Waals surface area contributed by atoms with Gasteiger partial charge in [0.1, 0.15) is 0 Å². The van der Waals surface area contributed by atoms with Gasteiger partial charge in [0.15, 0.2) is 11.6 Å². The van der Waals surface area contributed by atoms with Crippen LogP contribution in [0.4, 0.5) is 35.1 Å². The molecule has 0 N–H and O–H groups in total. The molecule has 0 aliphatic carbocycles. The van der Waals surface area contributed by atoms with Crippen LogP contribution in [-0.2, 0) is 12.4 Å². The molecule has 2 aromatic carbocycles. The second-order valence-corrected chi connectivity index (χ2v) is 7.95. The van der Waals surface area contributed by atoms with Gasteiger partial charge in [-0.2, -0.15) is 31.3 Å². The normalized spacial score (nSPS) is 15.5. The van der Waals surface area contributed by atoms with E-state index in [1.165, 1.54) is 6.07 Å². The molecule has 0 saturated carbocycles. The van der Waals surface area contributed by atoms with Gasteiger partial charge in [-0.1, -0.05) is 5.16 Å². The number of amides is 1. The van der Waals surface area contributed by atoms with Gasteiger partial charge in [0.05, 0.1) is 11.1 Å². The first kappa shape index (κ1) is 24.6. The fraction of sp³-hybridized carbons (Fsp3) is 0.318. The molecule has 1 aromatic heterocycles. The first-order chi connectivity index (χ1) is 16.3. The maximum absolute atomic E-state index is 13.4. The summed E-state index contributed by atoms with van der Waals surface area (Å²) in [6.07, 6.45) is -9.63. The molecule has 13 heteroatoms. The van der Waals surface area contributed by atoms with Crippen LogP contribution in [0.15, 0.2) is 40.9 Å². The fourth-order valence-corrected chi connectivity index (χ4v) is 3.74. The van der Waals surface area contributed by atoms with Crippen molar-refractivity contribution in [3.05, 3.63) is 70.6 Å². The number of benzene rings is 2. The van der Waals surface area contributed by atoms with Crippen molar-refractivity contribution in [3.63, 3.8) is 0 Å². The van der Waals surface area contributed by atoms with Crippen LogP contribution in [0, 0.1) is 11.6 Å². The molecular formula is C22H15F8N3O2. The zero-order chi connectivity index (χ0) is 25.5. The highest BCUT2D eigenvalue weighted by atomic mass is 19.4. The molecule has 4 rings (SSSR count). The summed E-state index contributed by atoms with van der Waals surface area (Å²) in [5.74, 6) is -3.27. The number of piperidine rings is 1. The van der Waals surface area contributed by atoms with Gasteiger partial charge in [0, 0.05) is 30.1 Å². The molecule has 1 amide bonds. The monoisotopic (exact) mass is 505 g/mol. The van der Waals surface area contributed by atoms with Crippen molar-refractivity contribution in [3.8, 4) is 11.4 Å². The SMILES string of the molecule is O=C(c1cc(C(F)(F)F)cc(C(F)(F)F)c1)N1CCC(c2nc(-c3ccc(F)c(F)c3)no2)CC1. The predicted octanol–water partition coefficient (Wildman–Crippen LogP) is 6.07. The minimum Gasteiger partial charge on any atom is -0.339 e. The molecule has 0 radical (unpaired) electrons. The van der Waals surface area contributed by atoms with Gasteiger partial charge in [-0.3, -0.25) is 4.79 Å². The highest BCUT2D eigenvalue weighted by Crippen LogP contribution is 2.37. The van der Waals surface area contributed by atoms with Crippen LogP contribution in [0.3, 0.4) is 0 Å². The lowest BCUT2D eigenvalue weighted by Crippen LogP contribution is -2.38. The van der Waals surface area contributed by atoms with E-state index >= 15 is 0 Å². The van der Waals surface area contributed by atoms with E-state index in [9.17, 15) is 39.9 Å². The van der Waals surface area contributed by atoms with Crippen LogP contribution < -0.4 is 0 Å². The van der Waals surface area contributed by atoms with Crippen LogP contribution in [-0.4, -0.2) is 34.0 Å². The van der Waals surface area contributed by atoms with E-state index in [0.29, 0.717) is 12.1 Å². The van der Waals surface area contributed by atoms with Gasteiger partial charge in [-0.15, -0.1) is 0 Å². The van der Waals surface area contributed by atoms with Crippen molar-refractivity contribution in [1.82, 2.24) is 15.0 Å². The van der Waals surface area contributed by atoms with Crippen LogP contribution in [0.25, 0.3) is 11.4 Å². The van der Waals surface area contributed by atoms with Crippen LogP contribution in [0.5, 0.6) is 0 Å². The average Bonchev–Trinajstić information content (AvgIpc) is 3.29. The Morgan fingerprint density at radius 3 is 2.03 bits per heavy atom. The van der Waals surface area contributed by atoms with E-state index in [-0.39, 0.29) is 55.2 Å². The maximum atomic E-state index is 13.4. The Morgan fingerprint density at radius 1 is 0.886 bits per heavy atom. The molecule has 35 heavy (non-hydrogen) atoms. The summed E-state index contributed by atoms with van der Waals surface area (Å²) in [6.45, 7) is 0.0357. The van der Waals surface area contributed by atoms with Crippen LogP contribution in [0.2, 0.25) is 0 Å². The zero-order valence-electron chi connectivity index (χ0n) is 17.6. The van der Waals surface area contributed by atoms with Crippen molar-refractivity contribution in [2.45, 2.75) is 31.1 Å². The Hall–Kier alpha value is -3.51. The highest BCUT2D eigenvalue weighted by Gasteiger charge is 2.38. The highest BCUT2D eigenvalue weighted by molar-refractivity contribution is 5.94. The molecule has 2 heterocycles. The summed E-state index contributed by atoms with van der Waals surface area (Å²) >= 11 is 0. The number of alkyl halides is 6. The van der Waals surface area contributed by atoms with E-state index < -0.39 is 46.6 Å². The van der Waals surface area contributed by atoms with Gasteiger partial charge >= 0.3 is 12.4 Å². The zero-order valence-corrected chi connectivity index (χ0v) is 17.6. The Bertz CT molecular complexity index is 1210. The van der Waals surface area contributed by atoms with E-state index in [1.54, 1.807) is 0 Å². The number of hydrogen-bond donors (Lipinski definition) is 0. The Morgan fingerprint density at radius 2 is 1.49 bits per heavy atom. The van der Waals surface area contributed by atoms with Crippen molar-refractivity contribution >= 4 is 5.91 Å². The largest absolute Gasteiger partial charge is 0.416 e. The minimum absolute atomic E-state index is 0.0149. The van der Waals surface area contributed by atoms with E-state index in [1.807, 2.05) is 0 Å². The number of hydrogen-bond acceptors (Lipinski definition) is 4. The molecule has 0 bridgehead atoms. The number of likely N-dealkylation sites (tertiary alicyclic amines) is 1. The van der Waals surface area contributed by atoms with Gasteiger partial charge in [0.25, 0.3) is 5.91 Å². The third kappa shape index (κ3) is 5.28. The molecule has 1 saturated heterocycles. The summed E-state index contributed by atoms with van der Waals surface area (Å²) in [5, 5.41) is 3.73. The lowest BCUT2D eigenvalue weighted by atomic mass is 9.95. The first-order valence-corrected chi connectivity index (χ1v) is 10.2. The summed E-state index contributed by atoms with van der Waals surface area (Å²) in [7, 11) is 0. The minimum atomic E-state index is -5.06. The van der Waals surface area contributed by atoms with Crippen molar-refractivity contribution in [2.75, 3.05) is 13.1 Å². The summed E-state index contributed by atoms with van der Waals surface area (Å²) in [6, 6.07) is 3.82. The molecular weight excluding hydrogens is 490 g/mol. The quantitative estimate of drug-likeness (QED) is 0.406. The Kier molecular flexibility index (Phi) is 6.28. The van der Waals surface area contributed by atoms with E-state index in [4.69, 9.17) is 4.52 Å². The summed E-state index contributed by atoms with van der Waals surface area (Å²) < 4.78 is 110.